The molecular weight excluding hydrogens is 370 g/mol. The lowest BCUT2D eigenvalue weighted by molar-refractivity contribution is -0.889. The molecule has 1 aromatic heterocycles. The number of urea groups is 1. The van der Waals surface area contributed by atoms with Crippen molar-refractivity contribution >= 4 is 12.0 Å². The standard InChI is InChI=1S/C22H27N3O4/c1-5-28-21(26)19-17(23-22(27)24-20(19)18-7-6-10-29-18)13-25(4)12-16-9-8-14(2)11-15(16)3/h6-11,20H,5,12-13H2,1-4H3,(H2,23,24,27)/p+1/t20-/m0/s1. The summed E-state index contributed by atoms with van der Waals surface area (Å²) < 4.78 is 10.7. The van der Waals surface area contributed by atoms with Crippen LogP contribution in [0.2, 0.25) is 0 Å². The number of ether oxygens (including phenoxy) is 1. The lowest BCUT2D eigenvalue weighted by Gasteiger charge is -2.28. The first kappa shape index (κ1) is 20.7. The molecule has 3 rings (SSSR count). The lowest BCUT2D eigenvalue weighted by Crippen LogP contribution is -3.08. The number of quaternary nitrogens is 1. The van der Waals surface area contributed by atoms with Crippen LogP contribution in [0.25, 0.3) is 0 Å². The molecule has 0 fully saturated rings. The van der Waals surface area contributed by atoms with Gasteiger partial charge in [-0.15, -0.1) is 0 Å². The predicted molar refractivity (Wildman–Crippen MR) is 108 cm³/mol. The Kier molecular flexibility index (Phi) is 6.39. The summed E-state index contributed by atoms with van der Waals surface area (Å²) in [4.78, 5) is 26.1. The third kappa shape index (κ3) is 4.86. The molecule has 0 aliphatic carbocycles. The fourth-order valence-electron chi connectivity index (χ4n) is 3.61. The van der Waals surface area contributed by atoms with Gasteiger partial charge in [0, 0.05) is 5.56 Å². The number of nitrogens with one attached hydrogen (secondary N) is 3. The van der Waals surface area contributed by atoms with Crippen LogP contribution in [0.3, 0.4) is 0 Å². The highest BCUT2D eigenvalue weighted by Crippen LogP contribution is 2.27. The van der Waals surface area contributed by atoms with Gasteiger partial charge in [0.2, 0.25) is 0 Å². The highest BCUT2D eigenvalue weighted by atomic mass is 16.5. The molecule has 154 valence electrons. The second kappa shape index (κ2) is 8.96. The first-order chi connectivity index (χ1) is 13.9. The minimum Gasteiger partial charge on any atom is -0.467 e. The molecule has 0 spiro atoms. The Labute approximate surface area is 170 Å². The maximum atomic E-state index is 12.7. The summed E-state index contributed by atoms with van der Waals surface area (Å²) in [7, 11) is 2.03. The van der Waals surface area contributed by atoms with Crippen molar-refractivity contribution in [1.29, 1.82) is 0 Å². The first-order valence-corrected chi connectivity index (χ1v) is 9.77. The Balaban J connectivity index is 1.89. The van der Waals surface area contributed by atoms with Crippen LogP contribution in [-0.4, -0.2) is 32.2 Å². The summed E-state index contributed by atoms with van der Waals surface area (Å²) in [5.74, 6) is 0.0307. The number of aryl methyl sites for hydroxylation is 2. The molecule has 29 heavy (non-hydrogen) atoms. The Bertz CT molecular complexity index is 918. The van der Waals surface area contributed by atoms with Crippen LogP contribution in [0.1, 0.15) is 35.4 Å². The van der Waals surface area contributed by atoms with E-state index in [9.17, 15) is 9.59 Å². The number of likely N-dealkylation sites (N-methyl/N-ethyl adjacent to an activating group) is 1. The molecule has 1 aromatic carbocycles. The summed E-state index contributed by atoms with van der Waals surface area (Å²) in [6, 6.07) is 8.80. The lowest BCUT2D eigenvalue weighted by atomic mass is 9.99. The number of amides is 2. The quantitative estimate of drug-likeness (QED) is 0.621. The fourth-order valence-corrected chi connectivity index (χ4v) is 3.61. The number of hydrogen-bond acceptors (Lipinski definition) is 4. The second-order valence-corrected chi connectivity index (χ2v) is 7.40. The zero-order valence-electron chi connectivity index (χ0n) is 17.3. The van der Waals surface area contributed by atoms with E-state index in [4.69, 9.17) is 9.15 Å². The van der Waals surface area contributed by atoms with Crippen molar-refractivity contribution in [1.82, 2.24) is 10.6 Å². The maximum absolute atomic E-state index is 12.7. The average molecular weight is 398 g/mol. The first-order valence-electron chi connectivity index (χ1n) is 9.77. The minimum atomic E-state index is -0.679. The number of carbonyl (C=O) groups is 2. The number of carbonyl (C=O) groups excluding carboxylic acids is 2. The average Bonchev–Trinajstić information content (AvgIpc) is 3.18. The van der Waals surface area contributed by atoms with Gasteiger partial charge in [0.25, 0.3) is 0 Å². The van der Waals surface area contributed by atoms with Gasteiger partial charge in [-0.3, -0.25) is 0 Å². The molecule has 3 N–H and O–H groups in total. The molecule has 7 heteroatoms. The van der Waals surface area contributed by atoms with E-state index in [0.717, 1.165) is 11.4 Å². The van der Waals surface area contributed by atoms with Crippen LogP contribution in [0.5, 0.6) is 0 Å². The Morgan fingerprint density at radius 1 is 1.24 bits per heavy atom. The van der Waals surface area contributed by atoms with Crippen molar-refractivity contribution in [2.24, 2.45) is 0 Å². The molecule has 0 saturated heterocycles. The van der Waals surface area contributed by atoms with Crippen molar-refractivity contribution < 1.29 is 23.6 Å². The molecule has 1 aliphatic rings. The van der Waals surface area contributed by atoms with Crippen LogP contribution in [0.15, 0.2) is 52.3 Å². The van der Waals surface area contributed by atoms with Gasteiger partial charge in [0.15, 0.2) is 0 Å². The van der Waals surface area contributed by atoms with E-state index in [0.29, 0.717) is 23.6 Å². The van der Waals surface area contributed by atoms with Crippen molar-refractivity contribution in [2.75, 3.05) is 20.2 Å². The minimum absolute atomic E-state index is 0.250. The summed E-state index contributed by atoms with van der Waals surface area (Å²) in [5.41, 5.74) is 4.61. The largest absolute Gasteiger partial charge is 0.467 e. The zero-order chi connectivity index (χ0) is 21.0. The van der Waals surface area contributed by atoms with Crippen LogP contribution >= 0.6 is 0 Å². The monoisotopic (exact) mass is 398 g/mol. The number of rotatable bonds is 7. The van der Waals surface area contributed by atoms with Crippen LogP contribution in [0.4, 0.5) is 4.79 Å². The highest BCUT2D eigenvalue weighted by molar-refractivity contribution is 5.95. The van der Waals surface area contributed by atoms with Gasteiger partial charge in [0.1, 0.15) is 24.9 Å². The molecule has 2 aromatic rings. The maximum Gasteiger partial charge on any atom is 0.338 e. The molecule has 1 aliphatic heterocycles. The van der Waals surface area contributed by atoms with Gasteiger partial charge in [0.05, 0.1) is 31.2 Å². The molecule has 2 amide bonds. The molecule has 2 heterocycles. The van der Waals surface area contributed by atoms with Gasteiger partial charge < -0.3 is 24.7 Å². The number of esters is 1. The molecule has 2 atom stereocenters. The zero-order valence-corrected chi connectivity index (χ0v) is 17.3. The third-order valence-corrected chi connectivity index (χ3v) is 4.95. The normalized spacial score (nSPS) is 17.5. The smallest absolute Gasteiger partial charge is 0.338 e. The second-order valence-electron chi connectivity index (χ2n) is 7.40. The summed E-state index contributed by atoms with van der Waals surface area (Å²) in [5, 5.41) is 5.57. The molecule has 0 saturated carbocycles. The van der Waals surface area contributed by atoms with Gasteiger partial charge in [-0.05, 0) is 38.5 Å². The van der Waals surface area contributed by atoms with Crippen LogP contribution in [0, 0.1) is 13.8 Å². The Morgan fingerprint density at radius 3 is 2.69 bits per heavy atom. The van der Waals surface area contributed by atoms with E-state index in [1.807, 2.05) is 7.05 Å². The van der Waals surface area contributed by atoms with Gasteiger partial charge >= 0.3 is 12.0 Å². The van der Waals surface area contributed by atoms with Crippen molar-refractivity contribution in [3.63, 3.8) is 0 Å². The summed E-state index contributed by atoms with van der Waals surface area (Å²) >= 11 is 0. The summed E-state index contributed by atoms with van der Waals surface area (Å²) in [6.07, 6.45) is 1.52. The van der Waals surface area contributed by atoms with E-state index in [1.165, 1.54) is 23.0 Å². The SMILES string of the molecule is CCOC(=O)C1=C(C[NH+](C)Cc2ccc(C)cc2C)NC(=O)N[C@H]1c1ccco1. The molecule has 7 nitrogen and oxygen atoms in total. The van der Waals surface area contributed by atoms with E-state index in [-0.39, 0.29) is 12.6 Å². The number of hydrogen-bond donors (Lipinski definition) is 3. The predicted octanol–water partition coefficient (Wildman–Crippen LogP) is 1.78. The highest BCUT2D eigenvalue weighted by Gasteiger charge is 2.36. The molecule has 0 radical (unpaired) electrons. The van der Waals surface area contributed by atoms with Crippen molar-refractivity contribution in [3.8, 4) is 0 Å². The van der Waals surface area contributed by atoms with Crippen molar-refractivity contribution in [2.45, 2.75) is 33.4 Å². The molecule has 1 unspecified atom stereocenters. The molecular formula is C22H28N3O4+. The van der Waals surface area contributed by atoms with Crippen molar-refractivity contribution in [3.05, 3.63) is 70.3 Å². The Morgan fingerprint density at radius 2 is 2.03 bits per heavy atom. The molecule has 0 bridgehead atoms. The summed E-state index contributed by atoms with van der Waals surface area (Å²) in [6.45, 7) is 7.40. The van der Waals surface area contributed by atoms with E-state index in [1.54, 1.807) is 19.1 Å². The number of furan rings is 1. The van der Waals surface area contributed by atoms with Gasteiger partial charge in [-0.25, -0.2) is 9.59 Å². The van der Waals surface area contributed by atoms with E-state index < -0.39 is 12.0 Å². The Hall–Kier alpha value is -3.06. The topological polar surface area (TPSA) is 85.0 Å². The van der Waals surface area contributed by atoms with Crippen LogP contribution in [-0.2, 0) is 16.1 Å². The third-order valence-electron chi connectivity index (χ3n) is 4.95. The fraction of sp³-hybridized carbons (Fsp3) is 0.364. The van der Waals surface area contributed by atoms with Crippen LogP contribution < -0.4 is 15.5 Å². The van der Waals surface area contributed by atoms with E-state index >= 15 is 0 Å². The van der Waals surface area contributed by atoms with Gasteiger partial charge in [-0.2, -0.15) is 0 Å². The van der Waals surface area contributed by atoms with Gasteiger partial charge in [-0.1, -0.05) is 23.8 Å². The van der Waals surface area contributed by atoms with E-state index in [2.05, 4.69) is 42.7 Å². The number of benzene rings is 1.